The molecule has 3 aliphatic rings. The van der Waals surface area contributed by atoms with E-state index in [0.29, 0.717) is 6.04 Å². The molecule has 3 aromatic carbocycles. The number of amidine groups is 2. The maximum absolute atomic E-state index is 4.55. The van der Waals surface area contributed by atoms with Crippen LogP contribution >= 0.6 is 0 Å². The standard InChI is InChI=1S/C28H26N6/c1-2-18(24-14-20-6-8-22(16-26(20)34-24)28-31-11-12-32-28)4-3-17(1)23-13-19-5-7-21(15-25(19)33-23)27-29-9-10-30-27/h1-8,13,15-16,24,33-34H,9-12,14H2,(H,29,30)(H,31,32). The van der Waals surface area contributed by atoms with Crippen LogP contribution in [-0.4, -0.2) is 42.8 Å². The molecule has 1 atom stereocenters. The van der Waals surface area contributed by atoms with Crippen LogP contribution in [0.3, 0.4) is 0 Å². The Morgan fingerprint density at radius 2 is 1.41 bits per heavy atom. The van der Waals surface area contributed by atoms with Crippen LogP contribution in [0.5, 0.6) is 0 Å². The van der Waals surface area contributed by atoms with Gasteiger partial charge in [0.05, 0.1) is 19.1 Å². The molecule has 4 N–H and O–H groups in total. The Hall–Kier alpha value is -4.06. The van der Waals surface area contributed by atoms with Gasteiger partial charge in [-0.05, 0) is 41.3 Å². The van der Waals surface area contributed by atoms with Gasteiger partial charge in [0, 0.05) is 46.5 Å². The highest BCUT2D eigenvalue weighted by molar-refractivity contribution is 6.03. The smallest absolute Gasteiger partial charge is 0.128 e. The van der Waals surface area contributed by atoms with Crippen LogP contribution in [0.1, 0.15) is 28.3 Å². The van der Waals surface area contributed by atoms with Gasteiger partial charge in [-0.15, -0.1) is 0 Å². The van der Waals surface area contributed by atoms with Crippen molar-refractivity contribution in [2.24, 2.45) is 9.98 Å². The van der Waals surface area contributed by atoms with Crippen molar-refractivity contribution in [1.29, 1.82) is 0 Å². The highest BCUT2D eigenvalue weighted by Crippen LogP contribution is 2.36. The average molecular weight is 447 g/mol. The van der Waals surface area contributed by atoms with E-state index >= 15 is 0 Å². The summed E-state index contributed by atoms with van der Waals surface area (Å²) in [5, 5.41) is 11.7. The minimum absolute atomic E-state index is 0.294. The lowest BCUT2D eigenvalue weighted by atomic mass is 10.0. The highest BCUT2D eigenvalue weighted by Gasteiger charge is 2.23. The number of anilines is 1. The first-order valence-electron chi connectivity index (χ1n) is 12.0. The molecular weight excluding hydrogens is 420 g/mol. The number of H-pyrrole nitrogens is 1. The Morgan fingerprint density at radius 3 is 2.15 bits per heavy atom. The zero-order valence-corrected chi connectivity index (χ0v) is 18.9. The molecule has 0 spiro atoms. The fourth-order valence-electron chi connectivity index (χ4n) is 5.20. The van der Waals surface area contributed by atoms with Crippen LogP contribution in [-0.2, 0) is 6.42 Å². The number of fused-ring (bicyclic) bond motifs is 2. The highest BCUT2D eigenvalue weighted by atomic mass is 15.1. The number of hydrogen-bond acceptors (Lipinski definition) is 5. The zero-order valence-electron chi connectivity index (χ0n) is 18.9. The number of nitrogens with one attached hydrogen (secondary N) is 4. The summed E-state index contributed by atoms with van der Waals surface area (Å²) in [7, 11) is 0. The normalized spacial score (nSPS) is 18.8. The van der Waals surface area contributed by atoms with E-state index in [1.54, 1.807) is 0 Å². The van der Waals surface area contributed by atoms with E-state index in [0.717, 1.165) is 66.6 Å². The summed E-state index contributed by atoms with van der Waals surface area (Å²) < 4.78 is 0. The number of hydrogen-bond donors (Lipinski definition) is 4. The molecular formula is C28H26N6. The van der Waals surface area contributed by atoms with Gasteiger partial charge in [-0.3, -0.25) is 9.98 Å². The topological polar surface area (TPSA) is 76.6 Å². The van der Waals surface area contributed by atoms with Gasteiger partial charge in [-0.25, -0.2) is 0 Å². The van der Waals surface area contributed by atoms with E-state index in [1.165, 1.54) is 27.8 Å². The van der Waals surface area contributed by atoms with Crippen molar-refractivity contribution in [2.75, 3.05) is 31.5 Å². The molecule has 0 bridgehead atoms. The Balaban J connectivity index is 1.11. The second-order valence-corrected chi connectivity index (χ2v) is 9.19. The molecule has 4 aromatic rings. The van der Waals surface area contributed by atoms with Gasteiger partial charge >= 0.3 is 0 Å². The summed E-state index contributed by atoms with van der Waals surface area (Å²) in [5.74, 6) is 2.00. The molecule has 0 saturated carbocycles. The van der Waals surface area contributed by atoms with Gasteiger partial charge < -0.3 is 20.9 Å². The molecule has 0 fully saturated rings. The summed E-state index contributed by atoms with van der Waals surface area (Å²) in [4.78, 5) is 12.7. The minimum Gasteiger partial charge on any atom is -0.378 e. The third kappa shape index (κ3) is 3.34. The van der Waals surface area contributed by atoms with Crippen molar-refractivity contribution >= 4 is 28.3 Å². The Bertz CT molecular complexity index is 1460. The van der Waals surface area contributed by atoms with Crippen molar-refractivity contribution in [1.82, 2.24) is 15.6 Å². The predicted molar refractivity (Wildman–Crippen MR) is 139 cm³/mol. The van der Waals surface area contributed by atoms with E-state index in [-0.39, 0.29) is 0 Å². The lowest BCUT2D eigenvalue weighted by Gasteiger charge is -2.12. The predicted octanol–water partition coefficient (Wildman–Crippen LogP) is 4.24. The number of aromatic nitrogens is 1. The molecule has 0 aliphatic carbocycles. The van der Waals surface area contributed by atoms with Gasteiger partial charge in [0.25, 0.3) is 0 Å². The molecule has 1 unspecified atom stereocenters. The molecule has 6 nitrogen and oxygen atoms in total. The van der Waals surface area contributed by atoms with Crippen molar-refractivity contribution in [3.63, 3.8) is 0 Å². The number of aliphatic imine (C=N–C) groups is 2. The Morgan fingerprint density at radius 1 is 0.706 bits per heavy atom. The zero-order chi connectivity index (χ0) is 22.5. The second kappa shape index (κ2) is 7.76. The second-order valence-electron chi connectivity index (χ2n) is 9.19. The van der Waals surface area contributed by atoms with Crippen molar-refractivity contribution in [3.05, 3.63) is 89.0 Å². The first-order chi connectivity index (χ1) is 16.8. The van der Waals surface area contributed by atoms with Crippen LogP contribution in [0, 0.1) is 0 Å². The molecule has 0 saturated heterocycles. The fraction of sp³-hybridized carbons (Fsp3) is 0.214. The fourth-order valence-corrected chi connectivity index (χ4v) is 5.20. The van der Waals surface area contributed by atoms with Crippen LogP contribution < -0.4 is 16.0 Å². The number of rotatable bonds is 4. The van der Waals surface area contributed by atoms with E-state index in [1.807, 2.05) is 0 Å². The summed E-state index contributed by atoms with van der Waals surface area (Å²) in [6.07, 6.45) is 1.00. The van der Waals surface area contributed by atoms with Gasteiger partial charge in [-0.2, -0.15) is 0 Å². The molecule has 3 aliphatic heterocycles. The lowest BCUT2D eigenvalue weighted by molar-refractivity contribution is 0.824. The largest absolute Gasteiger partial charge is 0.378 e. The van der Waals surface area contributed by atoms with Crippen LogP contribution in [0.4, 0.5) is 5.69 Å². The quantitative estimate of drug-likeness (QED) is 0.379. The van der Waals surface area contributed by atoms with Crippen LogP contribution in [0.25, 0.3) is 22.2 Å². The monoisotopic (exact) mass is 446 g/mol. The van der Waals surface area contributed by atoms with E-state index in [9.17, 15) is 0 Å². The molecule has 168 valence electrons. The summed E-state index contributed by atoms with van der Waals surface area (Å²) in [5.41, 5.74) is 9.66. The van der Waals surface area contributed by atoms with Crippen molar-refractivity contribution in [3.8, 4) is 11.3 Å². The SMILES string of the molecule is c1cc2c(cc1C1=NCCN1)NC(c1ccc(-c3cc4ccc(C5=NCCN5)cc4[nH]3)cc1)C2. The van der Waals surface area contributed by atoms with E-state index in [4.69, 9.17) is 0 Å². The van der Waals surface area contributed by atoms with Gasteiger partial charge in [-0.1, -0.05) is 48.5 Å². The summed E-state index contributed by atoms with van der Waals surface area (Å²) in [6.45, 7) is 3.56. The van der Waals surface area contributed by atoms with Gasteiger partial charge in [0.1, 0.15) is 11.7 Å². The lowest BCUT2D eigenvalue weighted by Crippen LogP contribution is -2.19. The molecule has 0 amide bonds. The first kappa shape index (κ1) is 19.4. The molecule has 0 radical (unpaired) electrons. The Labute approximate surface area is 198 Å². The third-order valence-corrected chi connectivity index (χ3v) is 7.01. The summed E-state index contributed by atoms with van der Waals surface area (Å²) in [6, 6.07) is 24.6. The molecule has 1 aromatic heterocycles. The van der Waals surface area contributed by atoms with E-state index in [2.05, 4.69) is 97.6 Å². The van der Waals surface area contributed by atoms with Crippen molar-refractivity contribution < 1.29 is 0 Å². The van der Waals surface area contributed by atoms with E-state index < -0.39 is 0 Å². The number of aromatic amines is 1. The van der Waals surface area contributed by atoms with Gasteiger partial charge in [0.15, 0.2) is 0 Å². The maximum atomic E-state index is 4.55. The number of benzene rings is 3. The first-order valence-corrected chi connectivity index (χ1v) is 12.0. The maximum Gasteiger partial charge on any atom is 0.128 e. The molecule has 7 rings (SSSR count). The molecule has 34 heavy (non-hydrogen) atoms. The van der Waals surface area contributed by atoms with Gasteiger partial charge in [0.2, 0.25) is 0 Å². The average Bonchev–Trinajstić information content (AvgIpc) is 3.69. The molecule has 4 heterocycles. The van der Waals surface area contributed by atoms with Crippen LogP contribution in [0.15, 0.2) is 76.7 Å². The third-order valence-electron chi connectivity index (χ3n) is 7.01. The number of nitrogens with zero attached hydrogens (tertiary/aromatic N) is 2. The molecule has 6 heteroatoms. The summed E-state index contributed by atoms with van der Waals surface area (Å²) >= 11 is 0. The van der Waals surface area contributed by atoms with Crippen molar-refractivity contribution in [2.45, 2.75) is 12.5 Å². The van der Waals surface area contributed by atoms with Crippen LogP contribution in [0.2, 0.25) is 0 Å². The Kier molecular flexibility index (Phi) is 4.43. The minimum atomic E-state index is 0.294.